The number of ketones is 1. The Morgan fingerprint density at radius 2 is 1.70 bits per heavy atom. The molecule has 40 heavy (non-hydrogen) atoms. The highest BCUT2D eigenvalue weighted by Gasteiger charge is 2.31. The van der Waals surface area contributed by atoms with Gasteiger partial charge in [0.25, 0.3) is 0 Å². The Morgan fingerprint density at radius 3 is 2.30 bits per heavy atom. The van der Waals surface area contributed by atoms with Crippen LogP contribution in [0.1, 0.15) is 49.7 Å². The van der Waals surface area contributed by atoms with Crippen molar-refractivity contribution < 1.29 is 32.2 Å². The van der Waals surface area contributed by atoms with Gasteiger partial charge in [-0.1, -0.05) is 12.1 Å². The SMILES string of the molecule is CCOC(=O)C(C)(C)Sc1ccc(OCc2sc(-c3ccc(C(F)(F)F)cc3)nc2CN2CCC(=O)CC2)cc1. The lowest BCUT2D eigenvalue weighted by Crippen LogP contribution is -2.33. The second-order valence-corrected chi connectivity index (χ2v) is 12.7. The summed E-state index contributed by atoms with van der Waals surface area (Å²) in [6, 6.07) is 12.4. The second kappa shape index (κ2) is 12.7. The molecule has 1 saturated heterocycles. The molecule has 1 fully saturated rings. The van der Waals surface area contributed by atoms with Gasteiger partial charge >= 0.3 is 12.1 Å². The third kappa shape index (κ3) is 7.86. The van der Waals surface area contributed by atoms with E-state index in [0.29, 0.717) is 55.4 Å². The van der Waals surface area contributed by atoms with Crippen LogP contribution in [0.2, 0.25) is 0 Å². The number of carbonyl (C=O) groups excluding carboxylic acids is 2. The summed E-state index contributed by atoms with van der Waals surface area (Å²) in [5.74, 6) is 0.605. The van der Waals surface area contributed by atoms with Gasteiger partial charge in [0, 0.05) is 42.9 Å². The highest BCUT2D eigenvalue weighted by atomic mass is 32.2. The number of piperidine rings is 1. The van der Waals surface area contributed by atoms with Crippen LogP contribution < -0.4 is 4.74 Å². The van der Waals surface area contributed by atoms with Gasteiger partial charge in [-0.25, -0.2) is 4.98 Å². The zero-order valence-electron chi connectivity index (χ0n) is 22.5. The number of alkyl halides is 3. The Labute approximate surface area is 239 Å². The van der Waals surface area contributed by atoms with Gasteiger partial charge in [0.1, 0.15) is 27.9 Å². The molecule has 6 nitrogen and oxygen atoms in total. The number of rotatable bonds is 10. The summed E-state index contributed by atoms with van der Waals surface area (Å²) in [7, 11) is 0. The number of likely N-dealkylation sites (tertiary alicyclic amines) is 1. The summed E-state index contributed by atoms with van der Waals surface area (Å²) in [5.41, 5.74) is 0.685. The van der Waals surface area contributed by atoms with Gasteiger partial charge in [-0.15, -0.1) is 23.1 Å². The van der Waals surface area contributed by atoms with E-state index in [1.165, 1.54) is 35.2 Å². The fraction of sp³-hybridized carbons (Fsp3) is 0.414. The van der Waals surface area contributed by atoms with Crippen LogP contribution in [0.25, 0.3) is 10.6 Å². The van der Waals surface area contributed by atoms with Gasteiger partial charge in [0.15, 0.2) is 0 Å². The third-order valence-electron chi connectivity index (χ3n) is 6.36. The van der Waals surface area contributed by atoms with Crippen molar-refractivity contribution in [3.05, 3.63) is 64.7 Å². The molecule has 0 amide bonds. The molecule has 0 spiro atoms. The minimum atomic E-state index is -4.40. The summed E-state index contributed by atoms with van der Waals surface area (Å²) in [6.45, 7) is 7.80. The molecule has 4 rings (SSSR count). The number of esters is 1. The van der Waals surface area contributed by atoms with Crippen molar-refractivity contribution >= 4 is 34.9 Å². The largest absolute Gasteiger partial charge is 0.488 e. The topological polar surface area (TPSA) is 68.7 Å². The van der Waals surface area contributed by atoms with Crippen LogP contribution in [0.4, 0.5) is 13.2 Å². The van der Waals surface area contributed by atoms with Gasteiger partial charge < -0.3 is 9.47 Å². The maximum absolute atomic E-state index is 13.0. The van der Waals surface area contributed by atoms with Gasteiger partial charge in [-0.2, -0.15) is 13.2 Å². The van der Waals surface area contributed by atoms with Crippen molar-refractivity contribution in [3.8, 4) is 16.3 Å². The number of aromatic nitrogens is 1. The average molecular weight is 593 g/mol. The summed E-state index contributed by atoms with van der Waals surface area (Å²) in [5, 5.41) is 0.614. The van der Waals surface area contributed by atoms with E-state index in [9.17, 15) is 22.8 Å². The molecule has 0 N–H and O–H groups in total. The van der Waals surface area contributed by atoms with E-state index in [-0.39, 0.29) is 18.4 Å². The Morgan fingerprint density at radius 1 is 1.05 bits per heavy atom. The van der Waals surface area contributed by atoms with Crippen molar-refractivity contribution in [2.24, 2.45) is 0 Å². The first kappa shape index (κ1) is 30.1. The van der Waals surface area contributed by atoms with E-state index >= 15 is 0 Å². The van der Waals surface area contributed by atoms with Crippen molar-refractivity contribution in [1.29, 1.82) is 0 Å². The van der Waals surface area contributed by atoms with E-state index in [1.54, 1.807) is 6.92 Å². The Balaban J connectivity index is 1.49. The molecule has 0 atom stereocenters. The average Bonchev–Trinajstić information content (AvgIpc) is 3.31. The van der Waals surface area contributed by atoms with E-state index in [2.05, 4.69) is 4.90 Å². The van der Waals surface area contributed by atoms with Crippen molar-refractivity contribution in [2.75, 3.05) is 19.7 Å². The minimum absolute atomic E-state index is 0.237. The number of halogens is 3. The summed E-state index contributed by atoms with van der Waals surface area (Å²) in [6.07, 6.45) is -3.40. The zero-order valence-corrected chi connectivity index (χ0v) is 24.2. The Bertz CT molecular complexity index is 1310. The number of carbonyl (C=O) groups is 2. The highest BCUT2D eigenvalue weighted by molar-refractivity contribution is 8.01. The Kier molecular flexibility index (Phi) is 9.58. The number of thiazole rings is 1. The number of nitrogens with zero attached hydrogens (tertiary/aromatic N) is 2. The molecular weight excluding hydrogens is 561 g/mol. The molecule has 0 unspecified atom stereocenters. The van der Waals surface area contributed by atoms with Crippen LogP contribution in [0, 0.1) is 0 Å². The standard InChI is InChI=1S/C29H31F3N2O4S2/c1-4-37-27(36)28(2,3)40-23-11-9-22(10-12-23)38-18-25-24(17-34-15-13-21(35)14-16-34)33-26(39-25)19-5-7-20(8-6-19)29(30,31)32/h5-12H,4,13-18H2,1-3H3. The van der Waals surface area contributed by atoms with Gasteiger partial charge in [0.2, 0.25) is 0 Å². The van der Waals surface area contributed by atoms with Gasteiger partial charge in [-0.3, -0.25) is 14.5 Å². The maximum atomic E-state index is 13.0. The monoisotopic (exact) mass is 592 g/mol. The molecule has 2 heterocycles. The number of benzene rings is 2. The Hall–Kier alpha value is -2.89. The number of Topliss-reactive ketones (excluding diaryl/α,β-unsaturated/α-hetero) is 1. The molecule has 1 aliphatic heterocycles. The van der Waals surface area contributed by atoms with Crippen LogP contribution in [0.15, 0.2) is 53.4 Å². The predicted molar refractivity (Wildman–Crippen MR) is 149 cm³/mol. The van der Waals surface area contributed by atoms with E-state index in [4.69, 9.17) is 14.5 Å². The van der Waals surface area contributed by atoms with Crippen molar-refractivity contribution in [1.82, 2.24) is 9.88 Å². The normalized spacial score (nSPS) is 14.8. The first-order chi connectivity index (χ1) is 18.9. The van der Waals surface area contributed by atoms with Gasteiger partial charge in [0.05, 0.1) is 22.7 Å². The molecule has 0 aliphatic carbocycles. The molecule has 214 valence electrons. The first-order valence-electron chi connectivity index (χ1n) is 12.9. The predicted octanol–water partition coefficient (Wildman–Crippen LogP) is 7.01. The van der Waals surface area contributed by atoms with Crippen LogP contribution in [0.3, 0.4) is 0 Å². The second-order valence-electron chi connectivity index (χ2n) is 9.87. The lowest BCUT2D eigenvalue weighted by Gasteiger charge is -2.25. The molecule has 1 aromatic heterocycles. The molecule has 2 aromatic carbocycles. The number of hydrogen-bond donors (Lipinski definition) is 0. The van der Waals surface area contributed by atoms with Gasteiger partial charge in [-0.05, 0) is 57.2 Å². The molecule has 3 aromatic rings. The number of ether oxygens (including phenoxy) is 2. The van der Waals surface area contributed by atoms with Crippen LogP contribution in [0.5, 0.6) is 5.75 Å². The third-order valence-corrected chi connectivity index (χ3v) is 8.66. The van der Waals surface area contributed by atoms with Crippen LogP contribution in [-0.2, 0) is 33.7 Å². The maximum Gasteiger partial charge on any atom is 0.416 e. The molecular formula is C29H31F3N2O4S2. The lowest BCUT2D eigenvalue weighted by molar-refractivity contribution is -0.145. The fourth-order valence-electron chi connectivity index (χ4n) is 4.11. The zero-order chi connectivity index (χ0) is 28.9. The first-order valence-corrected chi connectivity index (χ1v) is 14.6. The molecule has 0 bridgehead atoms. The van der Waals surface area contributed by atoms with Crippen LogP contribution >= 0.6 is 23.1 Å². The molecule has 1 aliphatic rings. The van der Waals surface area contributed by atoms with Crippen molar-refractivity contribution in [3.63, 3.8) is 0 Å². The summed E-state index contributed by atoms with van der Waals surface area (Å²) < 4.78 is 49.6. The summed E-state index contributed by atoms with van der Waals surface area (Å²) in [4.78, 5) is 32.6. The number of hydrogen-bond acceptors (Lipinski definition) is 8. The fourth-order valence-corrected chi connectivity index (χ4v) is 6.10. The minimum Gasteiger partial charge on any atom is -0.488 e. The van der Waals surface area contributed by atoms with Crippen molar-refractivity contribution in [2.45, 2.75) is 62.6 Å². The highest BCUT2D eigenvalue weighted by Crippen LogP contribution is 2.36. The molecule has 0 saturated carbocycles. The van der Waals surface area contributed by atoms with E-state index < -0.39 is 16.5 Å². The molecule has 11 heteroatoms. The van der Waals surface area contributed by atoms with Crippen LogP contribution in [-0.4, -0.2) is 46.1 Å². The van der Waals surface area contributed by atoms with E-state index in [1.807, 2.05) is 38.1 Å². The summed E-state index contributed by atoms with van der Waals surface area (Å²) >= 11 is 2.79. The van der Waals surface area contributed by atoms with E-state index in [0.717, 1.165) is 27.6 Å². The quantitative estimate of drug-likeness (QED) is 0.185. The lowest BCUT2D eigenvalue weighted by atomic mass is 10.1. The molecule has 0 radical (unpaired) electrons. The smallest absolute Gasteiger partial charge is 0.416 e. The number of thioether (sulfide) groups is 1.